The lowest BCUT2D eigenvalue weighted by Gasteiger charge is -2.53. The van der Waals surface area contributed by atoms with E-state index in [1.54, 1.807) is 0 Å². The summed E-state index contributed by atoms with van der Waals surface area (Å²) in [7, 11) is 0. The van der Waals surface area contributed by atoms with E-state index in [-0.39, 0.29) is 17.0 Å². The summed E-state index contributed by atoms with van der Waals surface area (Å²) in [5, 5.41) is 3.74. The van der Waals surface area contributed by atoms with Crippen molar-refractivity contribution in [1.82, 2.24) is 10.2 Å². The van der Waals surface area contributed by atoms with Crippen molar-refractivity contribution in [1.29, 1.82) is 0 Å². The van der Waals surface area contributed by atoms with Gasteiger partial charge in [-0.3, -0.25) is 4.79 Å². The van der Waals surface area contributed by atoms with Crippen LogP contribution in [-0.4, -0.2) is 39.8 Å². The molecule has 1 spiro atoms. The number of rotatable bonds is 11. The number of piperidine rings is 1. The highest BCUT2D eigenvalue weighted by Crippen LogP contribution is 2.49. The average Bonchev–Trinajstić information content (AvgIpc) is 2.76. The number of unbranched alkanes of at least 4 members (excludes halogenated alkanes) is 8. The van der Waals surface area contributed by atoms with Crippen LogP contribution in [0, 0.1) is 0 Å². The molecule has 0 radical (unpaired) electrons. The molecule has 2 fully saturated rings. The molecule has 0 aromatic heterocycles. The van der Waals surface area contributed by atoms with Gasteiger partial charge in [-0.1, -0.05) is 64.7 Å². The Labute approximate surface area is 180 Å². The molecule has 0 saturated carbocycles. The van der Waals surface area contributed by atoms with Crippen LogP contribution in [0.2, 0.25) is 0 Å². The number of carbonyl (C=O) groups is 1. The zero-order valence-electron chi connectivity index (χ0n) is 20.5. The van der Waals surface area contributed by atoms with Gasteiger partial charge in [-0.25, -0.2) is 0 Å². The quantitative estimate of drug-likeness (QED) is 0.415. The minimum atomic E-state index is -0.666. The first kappa shape index (κ1) is 24.7. The highest BCUT2D eigenvalue weighted by molar-refractivity contribution is 5.87. The van der Waals surface area contributed by atoms with Gasteiger partial charge in [-0.2, -0.15) is 0 Å². The second-order valence-electron chi connectivity index (χ2n) is 11.2. The summed E-state index contributed by atoms with van der Waals surface area (Å²) in [5.41, 5.74) is -1.25. The summed E-state index contributed by atoms with van der Waals surface area (Å²) < 4.78 is 6.77. The molecule has 1 N–H and O–H groups in total. The SMILES string of the molecule is CCCCCCCCCCCC1(C)OC2(CC(C)(C)NC(C)(C)C2)N(CC)C1=O. The first-order valence-electron chi connectivity index (χ1n) is 12.3. The lowest BCUT2D eigenvalue weighted by atomic mass is 9.76. The van der Waals surface area contributed by atoms with Gasteiger partial charge in [0.2, 0.25) is 0 Å². The molecule has 0 aromatic rings. The first-order valence-corrected chi connectivity index (χ1v) is 12.3. The number of nitrogens with zero attached hydrogens (tertiary/aromatic N) is 1. The van der Waals surface area contributed by atoms with Crippen LogP contribution in [0.25, 0.3) is 0 Å². The Morgan fingerprint density at radius 1 is 0.828 bits per heavy atom. The van der Waals surface area contributed by atoms with Crippen LogP contribution in [0.4, 0.5) is 0 Å². The van der Waals surface area contributed by atoms with Gasteiger partial charge < -0.3 is 15.0 Å². The van der Waals surface area contributed by atoms with Crippen molar-refractivity contribution in [3.63, 3.8) is 0 Å². The Kier molecular flexibility index (Phi) is 8.23. The molecule has 2 aliphatic rings. The fraction of sp³-hybridized carbons (Fsp3) is 0.960. The fourth-order valence-electron chi connectivity index (χ4n) is 6.06. The fourth-order valence-corrected chi connectivity index (χ4v) is 6.06. The van der Waals surface area contributed by atoms with Crippen molar-refractivity contribution in [2.45, 2.75) is 148 Å². The molecule has 2 aliphatic heterocycles. The molecular weight excluding hydrogens is 360 g/mol. The Morgan fingerprint density at radius 2 is 1.31 bits per heavy atom. The maximum Gasteiger partial charge on any atom is 0.256 e. The van der Waals surface area contributed by atoms with E-state index >= 15 is 0 Å². The summed E-state index contributed by atoms with van der Waals surface area (Å²) in [6.45, 7) is 16.0. The minimum absolute atomic E-state index is 0.0571. The minimum Gasteiger partial charge on any atom is -0.339 e. The van der Waals surface area contributed by atoms with Gasteiger partial charge in [-0.05, 0) is 48.0 Å². The normalized spacial score (nSPS) is 27.7. The van der Waals surface area contributed by atoms with E-state index in [1.165, 1.54) is 51.4 Å². The van der Waals surface area contributed by atoms with E-state index < -0.39 is 11.3 Å². The smallest absolute Gasteiger partial charge is 0.256 e. The van der Waals surface area contributed by atoms with Crippen LogP contribution in [0.5, 0.6) is 0 Å². The Hall–Kier alpha value is -0.610. The van der Waals surface area contributed by atoms with Crippen LogP contribution >= 0.6 is 0 Å². The maximum absolute atomic E-state index is 13.4. The molecule has 2 heterocycles. The van der Waals surface area contributed by atoms with E-state index in [4.69, 9.17) is 4.74 Å². The highest BCUT2D eigenvalue weighted by Gasteiger charge is 2.62. The predicted molar refractivity (Wildman–Crippen MR) is 122 cm³/mol. The topological polar surface area (TPSA) is 41.6 Å². The molecule has 4 heteroatoms. The number of hydrogen-bond acceptors (Lipinski definition) is 3. The summed E-state index contributed by atoms with van der Waals surface area (Å²) in [4.78, 5) is 15.4. The van der Waals surface area contributed by atoms with E-state index in [2.05, 4.69) is 46.9 Å². The molecule has 2 rings (SSSR count). The largest absolute Gasteiger partial charge is 0.339 e. The van der Waals surface area contributed by atoms with Crippen molar-refractivity contribution in [3.05, 3.63) is 0 Å². The number of nitrogens with one attached hydrogen (secondary N) is 1. The second kappa shape index (κ2) is 9.68. The van der Waals surface area contributed by atoms with E-state index in [9.17, 15) is 4.79 Å². The Balaban J connectivity index is 1.92. The summed E-state index contributed by atoms with van der Waals surface area (Å²) in [6.07, 6.45) is 14.2. The monoisotopic (exact) mass is 408 g/mol. The summed E-state index contributed by atoms with van der Waals surface area (Å²) in [6, 6.07) is 0. The third-order valence-electron chi connectivity index (χ3n) is 6.79. The molecule has 1 amide bonds. The average molecular weight is 409 g/mol. The molecule has 170 valence electrons. The molecule has 1 unspecified atom stereocenters. The lowest BCUT2D eigenvalue weighted by molar-refractivity contribution is -0.181. The molecule has 0 aliphatic carbocycles. The molecule has 1 atom stereocenters. The zero-order chi connectivity index (χ0) is 21.8. The van der Waals surface area contributed by atoms with Crippen LogP contribution in [-0.2, 0) is 9.53 Å². The van der Waals surface area contributed by atoms with Gasteiger partial charge in [0.05, 0.1) is 0 Å². The number of ether oxygens (including phenoxy) is 1. The number of carbonyl (C=O) groups excluding carboxylic acids is 1. The second-order valence-corrected chi connectivity index (χ2v) is 11.2. The first-order chi connectivity index (χ1) is 13.5. The molecule has 4 nitrogen and oxygen atoms in total. The predicted octanol–water partition coefficient (Wildman–Crippen LogP) is 6.18. The van der Waals surface area contributed by atoms with Crippen LogP contribution in [0.1, 0.15) is 126 Å². The van der Waals surface area contributed by atoms with E-state index in [1.807, 2.05) is 11.8 Å². The van der Waals surface area contributed by atoms with Gasteiger partial charge in [0, 0.05) is 30.5 Å². The Bertz CT molecular complexity index is 527. The number of amides is 1. The number of hydrogen-bond donors (Lipinski definition) is 1. The van der Waals surface area contributed by atoms with Crippen LogP contribution in [0.15, 0.2) is 0 Å². The standard InChI is InChI=1S/C25H48N2O2/c1-8-10-11-12-13-14-15-16-17-18-24(7)21(28)27(9-2)25(29-24)19-22(3,4)26-23(5,6)20-25/h26H,8-20H2,1-7H3. The van der Waals surface area contributed by atoms with E-state index in [0.29, 0.717) is 0 Å². The van der Waals surface area contributed by atoms with Gasteiger partial charge in [-0.15, -0.1) is 0 Å². The van der Waals surface area contributed by atoms with Gasteiger partial charge in [0.1, 0.15) is 11.3 Å². The third kappa shape index (κ3) is 6.19. The molecular formula is C25H48N2O2. The van der Waals surface area contributed by atoms with Crippen molar-refractivity contribution >= 4 is 5.91 Å². The summed E-state index contributed by atoms with van der Waals surface area (Å²) in [5.74, 6) is 0.202. The van der Waals surface area contributed by atoms with Gasteiger partial charge in [0.15, 0.2) is 0 Å². The third-order valence-corrected chi connectivity index (χ3v) is 6.79. The Morgan fingerprint density at radius 3 is 1.79 bits per heavy atom. The maximum atomic E-state index is 13.4. The van der Waals surface area contributed by atoms with Crippen LogP contribution in [0.3, 0.4) is 0 Å². The molecule has 0 bridgehead atoms. The zero-order valence-corrected chi connectivity index (χ0v) is 20.5. The number of likely N-dealkylation sites (N-methyl/N-ethyl adjacent to an activating group) is 1. The van der Waals surface area contributed by atoms with Crippen molar-refractivity contribution in [2.24, 2.45) is 0 Å². The van der Waals surface area contributed by atoms with Gasteiger partial charge >= 0.3 is 0 Å². The van der Waals surface area contributed by atoms with Crippen molar-refractivity contribution < 1.29 is 9.53 Å². The molecule has 0 aromatic carbocycles. The van der Waals surface area contributed by atoms with Crippen molar-refractivity contribution in [2.75, 3.05) is 6.54 Å². The van der Waals surface area contributed by atoms with E-state index in [0.717, 1.165) is 32.2 Å². The highest BCUT2D eigenvalue weighted by atomic mass is 16.6. The van der Waals surface area contributed by atoms with Crippen LogP contribution < -0.4 is 5.32 Å². The molecule has 2 saturated heterocycles. The van der Waals surface area contributed by atoms with Gasteiger partial charge in [0.25, 0.3) is 5.91 Å². The van der Waals surface area contributed by atoms with Crippen molar-refractivity contribution in [3.8, 4) is 0 Å². The lowest BCUT2D eigenvalue weighted by Crippen LogP contribution is -2.67. The summed E-state index contributed by atoms with van der Waals surface area (Å²) >= 11 is 0. The molecule has 29 heavy (non-hydrogen) atoms.